The molecule has 2 rings (SSSR count). The summed E-state index contributed by atoms with van der Waals surface area (Å²) in [7, 11) is 0. The van der Waals surface area contributed by atoms with Crippen LogP contribution in [0.2, 0.25) is 0 Å². The SMILES string of the molecule is O=[N+]([O-])c1ccc([S+]([O-])c2ccc(F)cc2)cc1. The van der Waals surface area contributed by atoms with Crippen molar-refractivity contribution in [1.29, 1.82) is 0 Å². The highest BCUT2D eigenvalue weighted by Gasteiger charge is 2.16. The fourth-order valence-electron chi connectivity index (χ4n) is 1.39. The summed E-state index contributed by atoms with van der Waals surface area (Å²) in [6.07, 6.45) is 0. The standard InChI is InChI=1S/C12H8FNO3S/c13-9-1-5-11(6-2-9)18(17)12-7-3-10(4-8-12)14(15)16/h1-8H. The Morgan fingerprint density at radius 1 is 0.944 bits per heavy atom. The van der Waals surface area contributed by atoms with Gasteiger partial charge in [0.05, 0.1) is 4.92 Å². The predicted molar refractivity (Wildman–Crippen MR) is 64.2 cm³/mol. The van der Waals surface area contributed by atoms with Crippen molar-refractivity contribution >= 4 is 16.9 Å². The second kappa shape index (κ2) is 5.16. The van der Waals surface area contributed by atoms with Crippen LogP contribution in [0.1, 0.15) is 0 Å². The first kappa shape index (κ1) is 12.5. The molecule has 0 saturated heterocycles. The fourth-order valence-corrected chi connectivity index (χ4v) is 2.42. The van der Waals surface area contributed by atoms with E-state index >= 15 is 0 Å². The molecule has 0 heterocycles. The van der Waals surface area contributed by atoms with E-state index in [1.807, 2.05) is 0 Å². The third kappa shape index (κ3) is 2.66. The molecule has 0 saturated carbocycles. The average molecular weight is 265 g/mol. The molecule has 0 amide bonds. The number of hydrogen-bond acceptors (Lipinski definition) is 3. The second-order valence-corrected chi connectivity index (χ2v) is 4.95. The van der Waals surface area contributed by atoms with Crippen LogP contribution in [0.4, 0.5) is 10.1 Å². The first-order valence-corrected chi connectivity index (χ1v) is 6.15. The van der Waals surface area contributed by atoms with Crippen molar-refractivity contribution in [2.75, 3.05) is 0 Å². The van der Waals surface area contributed by atoms with Gasteiger partial charge in [-0.25, -0.2) is 4.39 Å². The molecule has 0 radical (unpaired) electrons. The van der Waals surface area contributed by atoms with Gasteiger partial charge in [0, 0.05) is 35.4 Å². The topological polar surface area (TPSA) is 66.2 Å². The van der Waals surface area contributed by atoms with Gasteiger partial charge in [-0.2, -0.15) is 0 Å². The van der Waals surface area contributed by atoms with Gasteiger partial charge >= 0.3 is 0 Å². The van der Waals surface area contributed by atoms with Crippen LogP contribution in [0, 0.1) is 15.9 Å². The van der Waals surface area contributed by atoms with Gasteiger partial charge in [0.15, 0.2) is 9.79 Å². The number of hydrogen-bond donors (Lipinski definition) is 0. The van der Waals surface area contributed by atoms with Crippen molar-refractivity contribution in [1.82, 2.24) is 0 Å². The van der Waals surface area contributed by atoms with E-state index in [1.165, 1.54) is 48.5 Å². The predicted octanol–water partition coefficient (Wildman–Crippen LogP) is 2.90. The molecule has 4 nitrogen and oxygen atoms in total. The van der Waals surface area contributed by atoms with Crippen LogP contribution in [-0.2, 0) is 11.2 Å². The fraction of sp³-hybridized carbons (Fsp3) is 0. The van der Waals surface area contributed by atoms with Gasteiger partial charge in [0.25, 0.3) is 5.69 Å². The summed E-state index contributed by atoms with van der Waals surface area (Å²) in [6.45, 7) is 0. The normalized spacial score (nSPS) is 12.1. The van der Waals surface area contributed by atoms with Crippen LogP contribution in [-0.4, -0.2) is 9.48 Å². The van der Waals surface area contributed by atoms with Crippen LogP contribution in [0.5, 0.6) is 0 Å². The van der Waals surface area contributed by atoms with Gasteiger partial charge < -0.3 is 4.55 Å². The molecule has 18 heavy (non-hydrogen) atoms. The lowest BCUT2D eigenvalue weighted by Crippen LogP contribution is -2.02. The minimum atomic E-state index is -1.47. The molecule has 0 aromatic heterocycles. The molecule has 1 atom stereocenters. The van der Waals surface area contributed by atoms with Gasteiger partial charge in [-0.1, -0.05) is 0 Å². The highest BCUT2D eigenvalue weighted by molar-refractivity contribution is 7.91. The lowest BCUT2D eigenvalue weighted by atomic mass is 10.3. The van der Waals surface area contributed by atoms with Crippen molar-refractivity contribution in [2.24, 2.45) is 0 Å². The van der Waals surface area contributed by atoms with Crippen LogP contribution in [0.15, 0.2) is 58.3 Å². The Bertz CT molecular complexity index is 557. The summed E-state index contributed by atoms with van der Waals surface area (Å²) in [5.74, 6) is -0.403. The molecule has 2 aromatic rings. The maximum atomic E-state index is 12.7. The lowest BCUT2D eigenvalue weighted by Gasteiger charge is -2.09. The van der Waals surface area contributed by atoms with Crippen LogP contribution >= 0.6 is 0 Å². The first-order valence-electron chi connectivity index (χ1n) is 5.00. The quantitative estimate of drug-likeness (QED) is 0.487. The zero-order chi connectivity index (χ0) is 13.1. The molecule has 0 aliphatic carbocycles. The molecule has 2 aromatic carbocycles. The highest BCUT2D eigenvalue weighted by atomic mass is 32.2. The summed E-state index contributed by atoms with van der Waals surface area (Å²) in [4.78, 5) is 10.8. The molecule has 0 aliphatic rings. The molecule has 1 unspecified atom stereocenters. The smallest absolute Gasteiger partial charge is 0.269 e. The number of nitro benzene ring substituents is 1. The van der Waals surface area contributed by atoms with Crippen LogP contribution in [0.3, 0.4) is 0 Å². The van der Waals surface area contributed by atoms with E-state index in [1.54, 1.807) is 0 Å². The first-order chi connectivity index (χ1) is 8.58. The van der Waals surface area contributed by atoms with Gasteiger partial charge in [0.1, 0.15) is 5.82 Å². The van der Waals surface area contributed by atoms with Gasteiger partial charge in [-0.05, 0) is 24.3 Å². The lowest BCUT2D eigenvalue weighted by molar-refractivity contribution is -0.384. The zero-order valence-electron chi connectivity index (χ0n) is 9.08. The van der Waals surface area contributed by atoms with E-state index in [9.17, 15) is 19.1 Å². The van der Waals surface area contributed by atoms with Crippen LogP contribution < -0.4 is 0 Å². The molecule has 0 N–H and O–H groups in total. The monoisotopic (exact) mass is 265 g/mol. The molecule has 0 spiro atoms. The molecular weight excluding hydrogens is 257 g/mol. The van der Waals surface area contributed by atoms with E-state index in [-0.39, 0.29) is 5.69 Å². The number of rotatable bonds is 3. The zero-order valence-corrected chi connectivity index (χ0v) is 9.89. The van der Waals surface area contributed by atoms with Gasteiger partial charge in [0.2, 0.25) is 0 Å². The van der Waals surface area contributed by atoms with E-state index in [0.717, 1.165) is 0 Å². The van der Waals surface area contributed by atoms with Gasteiger partial charge in [-0.3, -0.25) is 10.1 Å². The van der Waals surface area contributed by atoms with Crippen LogP contribution in [0.25, 0.3) is 0 Å². The van der Waals surface area contributed by atoms with Gasteiger partial charge in [-0.15, -0.1) is 0 Å². The van der Waals surface area contributed by atoms with Crippen molar-refractivity contribution in [2.45, 2.75) is 9.79 Å². The summed E-state index contributed by atoms with van der Waals surface area (Å²) in [5.41, 5.74) is -0.0603. The number of non-ortho nitro benzene ring substituents is 1. The average Bonchev–Trinajstić information content (AvgIpc) is 2.39. The largest absolute Gasteiger partial charge is 0.606 e. The molecule has 0 fully saturated rings. The third-order valence-corrected chi connectivity index (χ3v) is 3.69. The maximum absolute atomic E-state index is 12.7. The third-order valence-electron chi connectivity index (χ3n) is 2.29. The van der Waals surface area contributed by atoms with Crippen molar-refractivity contribution < 1.29 is 13.9 Å². The Kier molecular flexibility index (Phi) is 3.59. The number of benzene rings is 2. The Balaban J connectivity index is 2.25. The second-order valence-electron chi connectivity index (χ2n) is 3.47. The minimum Gasteiger partial charge on any atom is -0.606 e. The molecule has 0 aliphatic heterocycles. The molecule has 6 heteroatoms. The van der Waals surface area contributed by atoms with E-state index < -0.39 is 21.9 Å². The molecule has 0 bridgehead atoms. The summed E-state index contributed by atoms with van der Waals surface area (Å²) >= 11 is -1.47. The Hall–Kier alpha value is -1.92. The molecule has 92 valence electrons. The van der Waals surface area contributed by atoms with E-state index in [4.69, 9.17) is 0 Å². The molecular formula is C12H8FNO3S. The van der Waals surface area contributed by atoms with Crippen molar-refractivity contribution in [3.05, 3.63) is 64.5 Å². The summed E-state index contributed by atoms with van der Waals surface area (Å²) < 4.78 is 24.8. The number of nitro groups is 1. The Morgan fingerprint density at radius 2 is 1.39 bits per heavy atom. The number of halogens is 1. The Morgan fingerprint density at radius 3 is 1.83 bits per heavy atom. The summed E-state index contributed by atoms with van der Waals surface area (Å²) in [6, 6.07) is 10.7. The Labute approximate surface area is 105 Å². The minimum absolute atomic E-state index is 0.0603. The summed E-state index contributed by atoms with van der Waals surface area (Å²) in [5, 5.41) is 10.5. The highest BCUT2D eigenvalue weighted by Crippen LogP contribution is 2.23. The number of nitrogens with zero attached hydrogens (tertiary/aromatic N) is 1. The van der Waals surface area contributed by atoms with Crippen molar-refractivity contribution in [3.8, 4) is 0 Å². The maximum Gasteiger partial charge on any atom is 0.269 e. The van der Waals surface area contributed by atoms with E-state index in [2.05, 4.69) is 0 Å². The van der Waals surface area contributed by atoms with Crippen molar-refractivity contribution in [3.63, 3.8) is 0 Å². The van der Waals surface area contributed by atoms with E-state index in [0.29, 0.717) is 9.79 Å².